The lowest BCUT2D eigenvalue weighted by Gasteiger charge is -2.34. The Balaban J connectivity index is 1.41. The Morgan fingerprint density at radius 1 is 0.880 bits per heavy atom. The normalized spacial score (nSPS) is 16.0. The first-order valence-corrected chi connectivity index (χ1v) is 8.99. The molecule has 0 saturated carbocycles. The summed E-state index contributed by atoms with van der Waals surface area (Å²) in [6.07, 6.45) is 0.955. The van der Waals surface area contributed by atoms with E-state index in [1.807, 2.05) is 24.3 Å². The Kier molecular flexibility index (Phi) is 6.08. The van der Waals surface area contributed by atoms with Gasteiger partial charge in [0.2, 0.25) is 0 Å². The van der Waals surface area contributed by atoms with Gasteiger partial charge in [-0.1, -0.05) is 35.9 Å². The van der Waals surface area contributed by atoms with E-state index in [0.29, 0.717) is 5.56 Å². The van der Waals surface area contributed by atoms with E-state index in [1.54, 1.807) is 12.1 Å². The summed E-state index contributed by atoms with van der Waals surface area (Å²) in [6.45, 7) is 6.27. The molecule has 0 radical (unpaired) electrons. The van der Waals surface area contributed by atoms with Crippen LogP contribution in [0.2, 0.25) is 5.02 Å². The average Bonchev–Trinajstić information content (AvgIpc) is 2.63. The van der Waals surface area contributed by atoms with E-state index in [9.17, 15) is 4.79 Å². The molecule has 0 aromatic heterocycles. The van der Waals surface area contributed by atoms with Gasteiger partial charge in [-0.3, -0.25) is 4.90 Å². The first-order chi connectivity index (χ1) is 12.1. The molecule has 0 aliphatic carbocycles. The van der Waals surface area contributed by atoms with E-state index in [0.717, 1.165) is 50.7 Å². The molecule has 4 nitrogen and oxygen atoms in total. The van der Waals surface area contributed by atoms with Crippen molar-refractivity contribution in [1.82, 2.24) is 9.80 Å². The van der Waals surface area contributed by atoms with Crippen LogP contribution in [0, 0.1) is 0 Å². The van der Waals surface area contributed by atoms with Gasteiger partial charge >= 0.3 is 5.97 Å². The summed E-state index contributed by atoms with van der Waals surface area (Å²) in [6, 6.07) is 15.3. The van der Waals surface area contributed by atoms with Crippen LogP contribution in [-0.4, -0.2) is 53.6 Å². The van der Waals surface area contributed by atoms with Gasteiger partial charge in [0.1, 0.15) is 0 Å². The smallest absolute Gasteiger partial charge is 0.335 e. The molecule has 1 saturated heterocycles. The standard InChI is InChI=1S/C20H23ClN2O2/c21-19-7-3-17(4-8-19)15-23-13-11-22(12-14-23)10-9-16-1-5-18(6-2-16)20(24)25/h1-8H,9-15H2,(H,24,25). The SMILES string of the molecule is O=C(O)c1ccc(CCN2CCN(Cc3ccc(Cl)cc3)CC2)cc1. The third-order valence-electron chi connectivity index (χ3n) is 4.70. The van der Waals surface area contributed by atoms with Gasteiger partial charge in [0.15, 0.2) is 0 Å². The number of rotatable bonds is 6. The van der Waals surface area contributed by atoms with Gasteiger partial charge in [0.05, 0.1) is 5.56 Å². The quantitative estimate of drug-likeness (QED) is 0.859. The molecule has 1 fully saturated rings. The minimum absolute atomic E-state index is 0.347. The molecule has 25 heavy (non-hydrogen) atoms. The summed E-state index contributed by atoms with van der Waals surface area (Å²) in [5.41, 5.74) is 2.84. The molecular formula is C20H23ClN2O2. The molecule has 1 N–H and O–H groups in total. The Hall–Kier alpha value is -1.88. The fourth-order valence-electron chi connectivity index (χ4n) is 3.12. The van der Waals surface area contributed by atoms with Crippen LogP contribution in [0.5, 0.6) is 0 Å². The van der Waals surface area contributed by atoms with E-state index in [-0.39, 0.29) is 0 Å². The highest BCUT2D eigenvalue weighted by molar-refractivity contribution is 6.30. The second kappa shape index (κ2) is 8.48. The van der Waals surface area contributed by atoms with Crippen LogP contribution in [0.4, 0.5) is 0 Å². The van der Waals surface area contributed by atoms with Crippen molar-refractivity contribution < 1.29 is 9.90 Å². The molecule has 1 heterocycles. The Bertz CT molecular complexity index is 693. The molecule has 0 amide bonds. The summed E-state index contributed by atoms with van der Waals surface area (Å²) < 4.78 is 0. The van der Waals surface area contributed by atoms with Crippen LogP contribution >= 0.6 is 11.6 Å². The lowest BCUT2D eigenvalue weighted by molar-refractivity contribution is 0.0697. The van der Waals surface area contributed by atoms with E-state index in [4.69, 9.17) is 16.7 Å². The minimum Gasteiger partial charge on any atom is -0.478 e. The van der Waals surface area contributed by atoms with Gasteiger partial charge in [0, 0.05) is 44.3 Å². The highest BCUT2D eigenvalue weighted by Crippen LogP contribution is 2.13. The predicted octanol–water partition coefficient (Wildman–Crippen LogP) is 3.40. The molecule has 2 aromatic rings. The number of carbonyl (C=O) groups is 1. The third-order valence-corrected chi connectivity index (χ3v) is 4.95. The van der Waals surface area contributed by atoms with Crippen molar-refractivity contribution >= 4 is 17.6 Å². The lowest BCUT2D eigenvalue weighted by Crippen LogP contribution is -2.46. The zero-order valence-corrected chi connectivity index (χ0v) is 15.0. The maximum absolute atomic E-state index is 10.9. The first-order valence-electron chi connectivity index (χ1n) is 8.61. The topological polar surface area (TPSA) is 43.8 Å². The highest BCUT2D eigenvalue weighted by Gasteiger charge is 2.16. The van der Waals surface area contributed by atoms with E-state index < -0.39 is 5.97 Å². The van der Waals surface area contributed by atoms with Crippen LogP contribution in [0.3, 0.4) is 0 Å². The van der Waals surface area contributed by atoms with Gasteiger partial charge in [-0.25, -0.2) is 4.79 Å². The van der Waals surface area contributed by atoms with Crippen LogP contribution in [0.15, 0.2) is 48.5 Å². The summed E-state index contributed by atoms with van der Waals surface area (Å²) >= 11 is 5.93. The summed E-state index contributed by atoms with van der Waals surface area (Å²) in [5.74, 6) is -0.872. The summed E-state index contributed by atoms with van der Waals surface area (Å²) in [4.78, 5) is 15.8. The molecule has 3 rings (SSSR count). The zero-order chi connectivity index (χ0) is 17.6. The van der Waals surface area contributed by atoms with Crippen molar-refractivity contribution in [3.8, 4) is 0 Å². The molecular weight excluding hydrogens is 336 g/mol. The van der Waals surface area contributed by atoms with Crippen molar-refractivity contribution in [3.05, 3.63) is 70.2 Å². The molecule has 132 valence electrons. The molecule has 1 aliphatic heterocycles. The molecule has 1 aliphatic rings. The number of carboxylic acid groups (broad SMARTS) is 1. The zero-order valence-electron chi connectivity index (χ0n) is 14.2. The van der Waals surface area contributed by atoms with Gasteiger partial charge in [-0.05, 0) is 41.8 Å². The van der Waals surface area contributed by atoms with Gasteiger partial charge in [-0.15, -0.1) is 0 Å². The van der Waals surface area contributed by atoms with E-state index >= 15 is 0 Å². The van der Waals surface area contributed by atoms with Crippen LogP contribution in [0.1, 0.15) is 21.5 Å². The van der Waals surface area contributed by atoms with Gasteiger partial charge in [-0.2, -0.15) is 0 Å². The summed E-state index contributed by atoms with van der Waals surface area (Å²) in [7, 11) is 0. The number of carboxylic acids is 1. The van der Waals surface area contributed by atoms with Crippen LogP contribution in [-0.2, 0) is 13.0 Å². The largest absolute Gasteiger partial charge is 0.478 e. The number of benzene rings is 2. The Labute approximate surface area is 153 Å². The average molecular weight is 359 g/mol. The Morgan fingerprint density at radius 3 is 2.04 bits per heavy atom. The van der Waals surface area contributed by atoms with Gasteiger partial charge < -0.3 is 10.0 Å². The third kappa shape index (κ3) is 5.30. The molecule has 0 spiro atoms. The molecule has 2 aromatic carbocycles. The number of aromatic carboxylic acids is 1. The maximum Gasteiger partial charge on any atom is 0.335 e. The number of hydrogen-bond donors (Lipinski definition) is 1. The molecule has 5 heteroatoms. The number of nitrogens with zero attached hydrogens (tertiary/aromatic N) is 2. The van der Waals surface area contributed by atoms with Crippen molar-refractivity contribution in [2.24, 2.45) is 0 Å². The number of piperazine rings is 1. The highest BCUT2D eigenvalue weighted by atomic mass is 35.5. The maximum atomic E-state index is 10.9. The molecule has 0 bridgehead atoms. The van der Waals surface area contributed by atoms with Crippen molar-refractivity contribution in [2.45, 2.75) is 13.0 Å². The van der Waals surface area contributed by atoms with Crippen molar-refractivity contribution in [1.29, 1.82) is 0 Å². The predicted molar refractivity (Wildman–Crippen MR) is 100 cm³/mol. The second-order valence-electron chi connectivity index (χ2n) is 6.50. The van der Waals surface area contributed by atoms with Crippen molar-refractivity contribution in [3.63, 3.8) is 0 Å². The van der Waals surface area contributed by atoms with Crippen LogP contribution < -0.4 is 0 Å². The van der Waals surface area contributed by atoms with Crippen molar-refractivity contribution in [2.75, 3.05) is 32.7 Å². The van der Waals surface area contributed by atoms with E-state index in [1.165, 1.54) is 11.1 Å². The fourth-order valence-corrected chi connectivity index (χ4v) is 3.25. The number of hydrogen-bond acceptors (Lipinski definition) is 3. The second-order valence-corrected chi connectivity index (χ2v) is 6.93. The number of halogens is 1. The molecule has 0 atom stereocenters. The monoisotopic (exact) mass is 358 g/mol. The van der Waals surface area contributed by atoms with Gasteiger partial charge in [0.25, 0.3) is 0 Å². The molecule has 0 unspecified atom stereocenters. The van der Waals surface area contributed by atoms with Crippen LogP contribution in [0.25, 0.3) is 0 Å². The first kappa shape index (κ1) is 17.9. The lowest BCUT2D eigenvalue weighted by atomic mass is 10.1. The van der Waals surface area contributed by atoms with E-state index in [2.05, 4.69) is 21.9 Å². The fraction of sp³-hybridized carbons (Fsp3) is 0.350. The Morgan fingerprint density at radius 2 is 1.44 bits per heavy atom. The summed E-state index contributed by atoms with van der Waals surface area (Å²) in [5, 5.41) is 9.72. The minimum atomic E-state index is -0.872.